The summed E-state index contributed by atoms with van der Waals surface area (Å²) in [4.78, 5) is 4.50. The standard InChI is InChI=1S/C14H24N2O/c1-6-13(17)8-15-11(4)14-9(2)7-10(3)16-12(14)5/h7,11,13,15,17H,6,8H2,1-5H3. The molecule has 96 valence electrons. The topological polar surface area (TPSA) is 45.1 Å². The first-order valence-electron chi connectivity index (χ1n) is 6.31. The van der Waals surface area contributed by atoms with Crippen LogP contribution in [0, 0.1) is 20.8 Å². The van der Waals surface area contributed by atoms with E-state index in [1.807, 2.05) is 20.8 Å². The van der Waals surface area contributed by atoms with Gasteiger partial charge < -0.3 is 10.4 Å². The van der Waals surface area contributed by atoms with Crippen molar-refractivity contribution in [1.29, 1.82) is 0 Å². The van der Waals surface area contributed by atoms with Crippen molar-refractivity contribution in [2.75, 3.05) is 6.54 Å². The van der Waals surface area contributed by atoms with Crippen molar-refractivity contribution in [3.8, 4) is 0 Å². The average molecular weight is 236 g/mol. The maximum absolute atomic E-state index is 9.56. The lowest BCUT2D eigenvalue weighted by molar-refractivity contribution is 0.163. The Kier molecular flexibility index (Phi) is 5.09. The zero-order valence-electron chi connectivity index (χ0n) is 11.5. The Bertz CT molecular complexity index is 353. The third kappa shape index (κ3) is 3.79. The van der Waals surface area contributed by atoms with Gasteiger partial charge in [0, 0.05) is 24.0 Å². The van der Waals surface area contributed by atoms with Gasteiger partial charge in [0.25, 0.3) is 0 Å². The highest BCUT2D eigenvalue weighted by Gasteiger charge is 2.13. The van der Waals surface area contributed by atoms with E-state index < -0.39 is 0 Å². The Balaban J connectivity index is 2.78. The first kappa shape index (κ1) is 14.1. The van der Waals surface area contributed by atoms with Gasteiger partial charge >= 0.3 is 0 Å². The number of hydrogen-bond acceptors (Lipinski definition) is 3. The molecular weight excluding hydrogens is 212 g/mol. The smallest absolute Gasteiger partial charge is 0.0662 e. The quantitative estimate of drug-likeness (QED) is 0.825. The van der Waals surface area contributed by atoms with Crippen molar-refractivity contribution in [2.45, 2.75) is 53.2 Å². The molecule has 0 amide bonds. The molecule has 0 aliphatic heterocycles. The zero-order valence-corrected chi connectivity index (χ0v) is 11.5. The number of aromatic nitrogens is 1. The summed E-state index contributed by atoms with van der Waals surface area (Å²) in [6, 6.07) is 2.33. The molecule has 2 atom stereocenters. The normalized spacial score (nSPS) is 14.7. The van der Waals surface area contributed by atoms with Gasteiger partial charge in [-0.05, 0) is 51.3 Å². The fourth-order valence-electron chi connectivity index (χ4n) is 2.25. The van der Waals surface area contributed by atoms with Crippen LogP contribution in [0.3, 0.4) is 0 Å². The van der Waals surface area contributed by atoms with Crippen molar-refractivity contribution >= 4 is 0 Å². The average Bonchev–Trinajstić information content (AvgIpc) is 2.24. The molecule has 0 bridgehead atoms. The van der Waals surface area contributed by atoms with E-state index in [1.54, 1.807) is 0 Å². The molecule has 0 spiro atoms. The van der Waals surface area contributed by atoms with E-state index in [0.29, 0.717) is 6.54 Å². The van der Waals surface area contributed by atoms with E-state index >= 15 is 0 Å². The van der Waals surface area contributed by atoms with Gasteiger partial charge in [0.1, 0.15) is 0 Å². The third-order valence-corrected chi connectivity index (χ3v) is 3.15. The first-order chi connectivity index (χ1) is 7.95. The molecule has 0 aromatic carbocycles. The Morgan fingerprint density at radius 1 is 1.35 bits per heavy atom. The van der Waals surface area contributed by atoms with Crippen LogP contribution in [-0.4, -0.2) is 22.7 Å². The summed E-state index contributed by atoms with van der Waals surface area (Å²) in [5.41, 5.74) is 4.65. The van der Waals surface area contributed by atoms with Crippen LogP contribution in [0.4, 0.5) is 0 Å². The molecular formula is C14H24N2O. The van der Waals surface area contributed by atoms with Crippen LogP contribution in [0.2, 0.25) is 0 Å². The summed E-state index contributed by atoms with van der Waals surface area (Å²) in [5.74, 6) is 0. The third-order valence-electron chi connectivity index (χ3n) is 3.15. The second-order valence-corrected chi connectivity index (χ2v) is 4.77. The molecule has 1 aromatic rings. The molecule has 17 heavy (non-hydrogen) atoms. The summed E-state index contributed by atoms with van der Waals surface area (Å²) < 4.78 is 0. The van der Waals surface area contributed by atoms with E-state index in [2.05, 4.69) is 30.2 Å². The molecule has 0 aliphatic carbocycles. The summed E-state index contributed by atoms with van der Waals surface area (Å²) in [7, 11) is 0. The number of aliphatic hydroxyl groups is 1. The van der Waals surface area contributed by atoms with Crippen molar-refractivity contribution in [2.24, 2.45) is 0 Å². The van der Waals surface area contributed by atoms with Crippen molar-refractivity contribution < 1.29 is 5.11 Å². The van der Waals surface area contributed by atoms with E-state index in [1.165, 1.54) is 11.1 Å². The number of nitrogens with one attached hydrogen (secondary N) is 1. The monoisotopic (exact) mass is 236 g/mol. The minimum Gasteiger partial charge on any atom is -0.392 e. The molecule has 1 rings (SSSR count). The van der Waals surface area contributed by atoms with Crippen molar-refractivity contribution in [3.63, 3.8) is 0 Å². The van der Waals surface area contributed by atoms with Crippen LogP contribution in [0.1, 0.15) is 48.8 Å². The van der Waals surface area contributed by atoms with Crippen LogP contribution < -0.4 is 5.32 Å². The van der Waals surface area contributed by atoms with Crippen molar-refractivity contribution in [1.82, 2.24) is 10.3 Å². The molecule has 3 nitrogen and oxygen atoms in total. The van der Waals surface area contributed by atoms with Gasteiger partial charge in [-0.2, -0.15) is 0 Å². The highest BCUT2D eigenvalue weighted by atomic mass is 16.3. The lowest BCUT2D eigenvalue weighted by Gasteiger charge is -2.20. The molecule has 2 unspecified atom stereocenters. The minimum absolute atomic E-state index is 0.226. The van der Waals surface area contributed by atoms with Crippen LogP contribution in [-0.2, 0) is 0 Å². The Morgan fingerprint density at radius 3 is 2.53 bits per heavy atom. The van der Waals surface area contributed by atoms with E-state index in [4.69, 9.17) is 0 Å². The molecule has 0 fully saturated rings. The van der Waals surface area contributed by atoms with Gasteiger partial charge in [-0.15, -0.1) is 0 Å². The van der Waals surface area contributed by atoms with Crippen LogP contribution in [0.5, 0.6) is 0 Å². The summed E-state index contributed by atoms with van der Waals surface area (Å²) >= 11 is 0. The van der Waals surface area contributed by atoms with Gasteiger partial charge in [-0.25, -0.2) is 0 Å². The van der Waals surface area contributed by atoms with Gasteiger partial charge in [-0.3, -0.25) is 4.98 Å². The Morgan fingerprint density at radius 2 is 2.00 bits per heavy atom. The molecule has 0 aliphatic rings. The SMILES string of the molecule is CCC(O)CNC(C)c1c(C)cc(C)nc1C. The summed E-state index contributed by atoms with van der Waals surface area (Å²) in [6.45, 7) is 10.9. The molecule has 2 N–H and O–H groups in total. The van der Waals surface area contributed by atoms with Gasteiger partial charge in [0.2, 0.25) is 0 Å². The fourth-order valence-corrected chi connectivity index (χ4v) is 2.25. The first-order valence-corrected chi connectivity index (χ1v) is 6.31. The number of hydrogen-bond donors (Lipinski definition) is 2. The van der Waals surface area contributed by atoms with E-state index in [-0.39, 0.29) is 12.1 Å². The highest BCUT2D eigenvalue weighted by Crippen LogP contribution is 2.21. The lowest BCUT2D eigenvalue weighted by atomic mass is 10.0. The zero-order chi connectivity index (χ0) is 13.0. The predicted molar refractivity (Wildman–Crippen MR) is 71.2 cm³/mol. The Hall–Kier alpha value is -0.930. The number of aliphatic hydroxyl groups excluding tert-OH is 1. The molecule has 1 heterocycles. The second kappa shape index (κ2) is 6.12. The van der Waals surface area contributed by atoms with Crippen molar-refractivity contribution in [3.05, 3.63) is 28.6 Å². The molecule has 3 heteroatoms. The molecule has 0 saturated carbocycles. The number of nitrogens with zero attached hydrogens (tertiary/aromatic N) is 1. The Labute approximate surface area is 104 Å². The molecule has 1 aromatic heterocycles. The maximum atomic E-state index is 9.56. The predicted octanol–water partition coefficient (Wildman–Crippen LogP) is 2.43. The number of aryl methyl sites for hydroxylation is 3. The highest BCUT2D eigenvalue weighted by molar-refractivity contribution is 5.33. The minimum atomic E-state index is -0.267. The van der Waals surface area contributed by atoms with Crippen LogP contribution in [0.15, 0.2) is 6.07 Å². The van der Waals surface area contributed by atoms with Gasteiger partial charge in [0.05, 0.1) is 6.10 Å². The van der Waals surface area contributed by atoms with Crippen LogP contribution in [0.25, 0.3) is 0 Å². The largest absolute Gasteiger partial charge is 0.392 e. The van der Waals surface area contributed by atoms with E-state index in [9.17, 15) is 5.11 Å². The number of pyridine rings is 1. The summed E-state index contributed by atoms with van der Waals surface area (Å²) in [6.07, 6.45) is 0.514. The van der Waals surface area contributed by atoms with E-state index in [0.717, 1.165) is 17.8 Å². The summed E-state index contributed by atoms with van der Waals surface area (Å²) in [5, 5.41) is 12.9. The number of rotatable bonds is 5. The molecule has 0 saturated heterocycles. The van der Waals surface area contributed by atoms with Gasteiger partial charge in [-0.1, -0.05) is 6.92 Å². The molecule has 0 radical (unpaired) electrons. The fraction of sp³-hybridized carbons (Fsp3) is 0.643. The lowest BCUT2D eigenvalue weighted by Crippen LogP contribution is -2.29. The second-order valence-electron chi connectivity index (χ2n) is 4.77. The maximum Gasteiger partial charge on any atom is 0.0662 e. The van der Waals surface area contributed by atoms with Gasteiger partial charge in [0.15, 0.2) is 0 Å². The van der Waals surface area contributed by atoms with Crippen LogP contribution >= 0.6 is 0 Å².